The monoisotopic (exact) mass is 1680 g/mol. The number of anilines is 1. The SMILES string of the molecule is CC[C@H](C)[C@H](CN(C)C(=O)[C@@H](NC(=O)[C@H](C(C)C)N(C)C(=O)OCc1ccc(NC(=O)[C@H](CCCNC(N)=O)NC(=O)[C@@H](NC(=O)CSCCC(=O)N2CN3CN(C2)C(=O)CCSC2=CC=C(C=CC=C2)SCCC3=O)C(C)C)cc1)C(C)C)[C@@H](CC(=O)N1CCC[C@H]1[C@H](OC)[C@@H](C)C(=O)N[C@@H](Cc1ccccc1)c1nccs1)OC. The molecule has 0 spiro atoms. The van der Waals surface area contributed by atoms with E-state index in [0.29, 0.717) is 48.6 Å². The van der Waals surface area contributed by atoms with E-state index >= 15 is 0 Å². The van der Waals surface area contributed by atoms with E-state index in [2.05, 4.69) is 43.8 Å². The van der Waals surface area contributed by atoms with E-state index in [4.69, 9.17) is 19.9 Å². The lowest BCUT2D eigenvalue weighted by Gasteiger charge is -2.42. The van der Waals surface area contributed by atoms with Crippen molar-refractivity contribution in [3.8, 4) is 0 Å². The number of primary amides is 1. The van der Waals surface area contributed by atoms with Crippen molar-refractivity contribution in [1.82, 2.24) is 61.0 Å². The molecular formula is C83H120N14O15S4. The molecule has 4 heterocycles. The number of methoxy groups -OCH3 is 2. The van der Waals surface area contributed by atoms with Crippen molar-refractivity contribution >= 4 is 124 Å². The topological polar surface area (TPSA) is 363 Å². The van der Waals surface area contributed by atoms with Crippen LogP contribution in [0.5, 0.6) is 0 Å². The molecule has 33 heteroatoms. The molecule has 3 aromatic rings. The average molecular weight is 1680 g/mol. The number of hydrogen-bond donors (Lipinski definition) is 7. The zero-order valence-corrected chi connectivity index (χ0v) is 72.5. The smallest absolute Gasteiger partial charge is 0.410 e. The number of carbonyl (C=O) groups is 12. The Morgan fingerprint density at radius 3 is 1.95 bits per heavy atom. The highest BCUT2D eigenvalue weighted by atomic mass is 32.2. The minimum atomic E-state index is -1.16. The fraction of sp³-hybridized carbons (Fsp3) is 0.578. The molecule has 4 bridgehead atoms. The molecule has 2 saturated heterocycles. The number of allylic oxidation sites excluding steroid dienone is 6. The largest absolute Gasteiger partial charge is 0.445 e. The molecule has 116 heavy (non-hydrogen) atoms. The third kappa shape index (κ3) is 28.8. The number of nitrogens with zero attached hydrogens (tertiary/aromatic N) is 7. The number of ether oxygens (including phenoxy) is 3. The molecule has 2 aromatic carbocycles. The van der Waals surface area contributed by atoms with Crippen LogP contribution >= 0.6 is 46.6 Å². The van der Waals surface area contributed by atoms with Crippen LogP contribution in [0.3, 0.4) is 0 Å². The number of hydrogen-bond acceptors (Lipinski definition) is 20. The van der Waals surface area contributed by atoms with Crippen LogP contribution < -0.4 is 37.6 Å². The molecule has 13 amide bonds. The summed E-state index contributed by atoms with van der Waals surface area (Å²) < 4.78 is 18.0. The molecular weight excluding hydrogens is 1560 g/mol. The van der Waals surface area contributed by atoms with Gasteiger partial charge in [0.05, 0.1) is 62.4 Å². The van der Waals surface area contributed by atoms with E-state index in [0.717, 1.165) is 26.8 Å². The maximum Gasteiger partial charge on any atom is 0.410 e. The predicted molar refractivity (Wildman–Crippen MR) is 453 cm³/mol. The number of carbonyl (C=O) groups excluding carboxylic acids is 12. The summed E-state index contributed by atoms with van der Waals surface area (Å²) in [6.07, 6.45) is 14.9. The minimum absolute atomic E-state index is 0.00962. The maximum absolute atomic E-state index is 14.7. The molecule has 1 aromatic heterocycles. The Hall–Kier alpha value is -8.76. The molecule has 29 nitrogen and oxygen atoms in total. The number of rotatable bonds is 39. The Balaban J connectivity index is 0.890. The standard InChI is InChI=1S/C83H120N14O15S4/c1-14-55(8)62(66(110-12)45-71(102)97-39-21-27-65(97)75(111-13)56(9)76(103)89-64(80-85-38-43-116-80)44-57-22-16-15-17-23-57)46-92(10)81(107)73(53(4)5)91-79(106)74(54(6)7)93(11)83(109)112-47-58-28-30-59(31-29-58)87-77(104)63(26-20-37-86-82(84)108)88-78(105)72(52(2)3)90-67(98)48-113-40-34-68(99)94-49-95-51-96(50-94)70(101)36-42-115-61-25-19-18-24-60(32-33-61)114-41-35-69(95)100/h15-19,22-25,28-33,38,43,52-56,62-66,72-75H,14,20-21,26-27,34-37,39-42,44-51H2,1-13H3,(H,87,104)(H,88,105)(H,89,103)(H,90,98)(H,91,106)(H3,84,86,108)/t55-,56+,62-,63-,64-,65-,66+,72-,73-,74-,75+/m0/s1. The van der Waals surface area contributed by atoms with Crippen LogP contribution in [0.25, 0.3) is 0 Å². The first-order chi connectivity index (χ1) is 55.4. The van der Waals surface area contributed by atoms with Crippen molar-refractivity contribution in [2.75, 3.05) is 96.3 Å². The lowest BCUT2D eigenvalue weighted by molar-refractivity contribution is -0.158. The number of benzene rings is 2. The van der Waals surface area contributed by atoms with Crippen LogP contribution in [-0.2, 0) is 75.2 Å². The van der Waals surface area contributed by atoms with Gasteiger partial charge in [-0.3, -0.25) is 52.8 Å². The van der Waals surface area contributed by atoms with Crippen molar-refractivity contribution in [3.05, 3.63) is 129 Å². The van der Waals surface area contributed by atoms with Gasteiger partial charge in [-0.25, -0.2) is 14.6 Å². The van der Waals surface area contributed by atoms with Gasteiger partial charge >= 0.3 is 12.1 Å². The van der Waals surface area contributed by atoms with Gasteiger partial charge in [-0.2, -0.15) is 11.8 Å². The second-order valence-corrected chi connectivity index (χ2v) is 35.2. The first-order valence-electron chi connectivity index (χ1n) is 39.9. The lowest BCUT2D eigenvalue weighted by atomic mass is 9.84. The molecule has 1 aliphatic carbocycles. The summed E-state index contributed by atoms with van der Waals surface area (Å²) in [6.45, 7) is 17.2. The zero-order valence-electron chi connectivity index (χ0n) is 69.2. The summed E-state index contributed by atoms with van der Waals surface area (Å²) in [5.41, 5.74) is 7.21. The number of likely N-dealkylation sites (tertiary alicyclic amines) is 1. The first-order valence-corrected chi connectivity index (χ1v) is 43.9. The van der Waals surface area contributed by atoms with E-state index in [9.17, 15) is 57.5 Å². The molecule has 2 fully saturated rings. The number of urea groups is 1. The van der Waals surface area contributed by atoms with Crippen LogP contribution in [0, 0.1) is 35.5 Å². The van der Waals surface area contributed by atoms with Gasteiger partial charge in [0.25, 0.3) is 0 Å². The Morgan fingerprint density at radius 2 is 1.37 bits per heavy atom. The third-order valence-electron chi connectivity index (χ3n) is 21.2. The van der Waals surface area contributed by atoms with E-state index < -0.39 is 95.8 Å². The summed E-state index contributed by atoms with van der Waals surface area (Å²) >= 11 is 5.76. The fourth-order valence-electron chi connectivity index (χ4n) is 14.4. The number of fused-ring (bicyclic) bond motifs is 3. The number of thiazole rings is 1. The molecule has 0 saturated carbocycles. The summed E-state index contributed by atoms with van der Waals surface area (Å²) in [5, 5.41) is 19.7. The Kier molecular flexibility index (Phi) is 38.7. The Labute approximate surface area is 699 Å². The van der Waals surface area contributed by atoms with E-state index in [1.807, 2.05) is 105 Å². The second-order valence-electron chi connectivity index (χ2n) is 30.8. The summed E-state index contributed by atoms with van der Waals surface area (Å²) in [7, 11) is 6.24. The van der Waals surface area contributed by atoms with Crippen LogP contribution in [0.1, 0.15) is 142 Å². The van der Waals surface area contributed by atoms with Crippen LogP contribution in [0.15, 0.2) is 112 Å². The molecule has 0 radical (unpaired) electrons. The molecule has 4 aliphatic rings. The van der Waals surface area contributed by atoms with Crippen molar-refractivity contribution in [2.45, 2.75) is 182 Å². The summed E-state index contributed by atoms with van der Waals surface area (Å²) in [4.78, 5) is 181. The van der Waals surface area contributed by atoms with Crippen LogP contribution in [-0.4, -0.2) is 239 Å². The Morgan fingerprint density at radius 1 is 0.724 bits per heavy atom. The minimum Gasteiger partial charge on any atom is -0.445 e. The number of nitrogens with one attached hydrogen (secondary N) is 6. The second kappa shape index (κ2) is 47.6. The molecule has 11 atom stereocenters. The van der Waals surface area contributed by atoms with Gasteiger partial charge in [-0.1, -0.05) is 123 Å². The van der Waals surface area contributed by atoms with Crippen molar-refractivity contribution in [3.63, 3.8) is 0 Å². The summed E-state index contributed by atoms with van der Waals surface area (Å²) in [5.74, 6) is -4.82. The highest BCUT2D eigenvalue weighted by Gasteiger charge is 2.44. The number of amides is 13. The molecule has 636 valence electrons. The van der Waals surface area contributed by atoms with E-state index in [1.165, 1.54) is 49.7 Å². The van der Waals surface area contributed by atoms with Crippen molar-refractivity contribution in [2.24, 2.45) is 41.2 Å². The summed E-state index contributed by atoms with van der Waals surface area (Å²) in [6, 6.07) is 10.4. The van der Waals surface area contributed by atoms with Gasteiger partial charge in [0, 0.05) is 117 Å². The number of aromatic nitrogens is 1. The molecule has 0 unspecified atom stereocenters. The number of thioether (sulfide) groups is 3. The van der Waals surface area contributed by atoms with Crippen molar-refractivity contribution < 1.29 is 71.7 Å². The fourth-order valence-corrected chi connectivity index (χ4v) is 17.5. The Bertz CT molecular complexity index is 3870. The zero-order chi connectivity index (χ0) is 84.7. The van der Waals surface area contributed by atoms with Gasteiger partial charge in [0.15, 0.2) is 0 Å². The number of nitrogens with two attached hydrogens (primary N) is 1. The maximum atomic E-state index is 14.7. The van der Waals surface area contributed by atoms with Gasteiger partial charge < -0.3 is 76.3 Å². The predicted octanol–water partition coefficient (Wildman–Crippen LogP) is 8.81. The van der Waals surface area contributed by atoms with Crippen LogP contribution in [0.2, 0.25) is 0 Å². The average Bonchev–Trinajstić information content (AvgIpc) is 1.61. The highest BCUT2D eigenvalue weighted by molar-refractivity contribution is 8.03. The van der Waals surface area contributed by atoms with Gasteiger partial charge in [0.2, 0.25) is 59.1 Å². The highest BCUT2D eigenvalue weighted by Crippen LogP contribution is 2.33. The quantitative estimate of drug-likeness (QED) is 0.0262. The van der Waals surface area contributed by atoms with Crippen molar-refractivity contribution in [1.29, 1.82) is 0 Å². The molecule has 7 rings (SSSR count). The van der Waals surface area contributed by atoms with Crippen LogP contribution in [0.4, 0.5) is 15.3 Å². The normalized spacial score (nSPS) is 17.9. The van der Waals surface area contributed by atoms with Gasteiger partial charge in [-0.15, -0.1) is 34.9 Å². The third-order valence-corrected chi connectivity index (χ3v) is 25.1. The van der Waals surface area contributed by atoms with Gasteiger partial charge in [-0.05, 0) is 103 Å². The van der Waals surface area contributed by atoms with E-state index in [-0.39, 0.29) is 149 Å². The number of likely N-dealkylation sites (N-methyl/N-ethyl adjacent to an activating group) is 2. The first kappa shape index (κ1) is 94.4. The van der Waals surface area contributed by atoms with Gasteiger partial charge in [0.1, 0.15) is 35.8 Å². The molecule has 8 N–H and O–H groups in total. The van der Waals surface area contributed by atoms with E-state index in [1.54, 1.807) is 108 Å². The molecule has 3 aliphatic heterocycles. The lowest BCUT2D eigenvalue weighted by Crippen LogP contribution is -2.59.